The topological polar surface area (TPSA) is 52.0 Å². The smallest absolute Gasteiger partial charge is 0.333 e. The Hall–Kier alpha value is -1.55. The summed E-state index contributed by atoms with van der Waals surface area (Å²) in [4.78, 5) is 12.3. The van der Waals surface area contributed by atoms with E-state index >= 15 is 0 Å². The van der Waals surface area contributed by atoms with Crippen LogP contribution < -0.4 is 0 Å². The van der Waals surface area contributed by atoms with E-state index in [1.165, 1.54) is 0 Å². The predicted molar refractivity (Wildman–Crippen MR) is 84.9 cm³/mol. The van der Waals surface area contributed by atoms with Gasteiger partial charge < -0.3 is 13.9 Å². The molecule has 1 spiro atoms. The molecule has 0 N–H and O–H groups in total. The maximum atomic E-state index is 12.3. The Balaban J connectivity index is 1.86. The lowest BCUT2D eigenvalue weighted by Crippen LogP contribution is -2.54. The molecule has 1 aromatic rings. The van der Waals surface area contributed by atoms with Crippen LogP contribution in [-0.4, -0.2) is 17.7 Å². The minimum absolute atomic E-state index is 0.233. The molecule has 1 aliphatic heterocycles. The van der Waals surface area contributed by atoms with E-state index in [1.54, 1.807) is 13.2 Å². The molecule has 4 heteroatoms. The summed E-state index contributed by atoms with van der Waals surface area (Å²) in [5.41, 5.74) is 2.03. The highest BCUT2D eigenvalue weighted by molar-refractivity contribution is 5.87. The van der Waals surface area contributed by atoms with E-state index < -0.39 is 0 Å². The van der Waals surface area contributed by atoms with Crippen LogP contribution in [0.25, 0.3) is 0 Å². The Morgan fingerprint density at radius 1 is 1.43 bits per heavy atom. The number of carbonyl (C=O) groups excluding carboxylic acids is 1. The van der Waals surface area contributed by atoms with Gasteiger partial charge in [0, 0.05) is 23.0 Å². The van der Waals surface area contributed by atoms with Gasteiger partial charge in [0.25, 0.3) is 0 Å². The number of hydrogen-bond acceptors (Lipinski definition) is 4. The predicted octanol–water partition coefficient (Wildman–Crippen LogP) is 3.88. The Labute approximate surface area is 136 Å². The summed E-state index contributed by atoms with van der Waals surface area (Å²) in [7, 11) is 0. The second kappa shape index (κ2) is 4.50. The molecule has 2 fully saturated rings. The van der Waals surface area contributed by atoms with Crippen molar-refractivity contribution in [1.29, 1.82) is 0 Å². The van der Waals surface area contributed by atoms with Crippen molar-refractivity contribution in [3.63, 3.8) is 0 Å². The first-order chi connectivity index (χ1) is 10.8. The van der Waals surface area contributed by atoms with E-state index in [0.717, 1.165) is 36.1 Å². The molecule has 0 bridgehead atoms. The van der Waals surface area contributed by atoms with E-state index in [0.29, 0.717) is 11.5 Å². The van der Waals surface area contributed by atoms with E-state index in [9.17, 15) is 4.79 Å². The highest BCUT2D eigenvalue weighted by Gasteiger charge is 2.75. The number of fused-ring (bicyclic) bond motifs is 1. The van der Waals surface area contributed by atoms with Crippen LogP contribution in [0.2, 0.25) is 0 Å². The number of epoxide rings is 1. The first-order valence-corrected chi connectivity index (χ1v) is 8.42. The van der Waals surface area contributed by atoms with Crippen molar-refractivity contribution in [2.45, 2.75) is 64.8 Å². The summed E-state index contributed by atoms with van der Waals surface area (Å²) < 4.78 is 18.0. The average Bonchev–Trinajstić information content (AvgIpc) is 3.10. The number of esters is 1. The first-order valence-electron chi connectivity index (χ1n) is 8.42. The fraction of sp³-hybridized carbons (Fsp3) is 0.632. The lowest BCUT2D eigenvalue weighted by Gasteiger charge is -2.50. The number of rotatable bonds is 2. The highest BCUT2D eigenvalue weighted by atomic mass is 16.6. The van der Waals surface area contributed by atoms with Crippen LogP contribution in [-0.2, 0) is 20.7 Å². The summed E-state index contributed by atoms with van der Waals surface area (Å²) in [6.45, 7) is 11.9. The maximum absolute atomic E-state index is 12.3. The van der Waals surface area contributed by atoms with Crippen molar-refractivity contribution < 1.29 is 18.7 Å². The molecule has 1 saturated carbocycles. The van der Waals surface area contributed by atoms with Gasteiger partial charge in [-0.15, -0.1) is 0 Å². The molecular formula is C19H24O4. The third-order valence-electron chi connectivity index (χ3n) is 6.52. The fourth-order valence-electron chi connectivity index (χ4n) is 4.85. The largest absolute Gasteiger partial charge is 0.469 e. The number of ether oxygens (including phenoxy) is 2. The fourth-order valence-corrected chi connectivity index (χ4v) is 4.85. The molecule has 1 aromatic heterocycles. The molecule has 0 aromatic carbocycles. The zero-order valence-electron chi connectivity index (χ0n) is 14.3. The molecule has 4 nitrogen and oxygen atoms in total. The van der Waals surface area contributed by atoms with Crippen LogP contribution in [0.3, 0.4) is 0 Å². The zero-order valence-corrected chi connectivity index (χ0v) is 14.3. The van der Waals surface area contributed by atoms with Crippen molar-refractivity contribution in [1.82, 2.24) is 0 Å². The minimum atomic E-state index is -0.338. The van der Waals surface area contributed by atoms with Crippen LogP contribution in [0.1, 0.15) is 56.6 Å². The van der Waals surface area contributed by atoms with Crippen molar-refractivity contribution in [3.8, 4) is 0 Å². The molecule has 23 heavy (non-hydrogen) atoms. The van der Waals surface area contributed by atoms with Gasteiger partial charge in [0.05, 0.1) is 12.4 Å². The monoisotopic (exact) mass is 316 g/mol. The lowest BCUT2D eigenvalue weighted by molar-refractivity contribution is -0.164. The van der Waals surface area contributed by atoms with Gasteiger partial charge in [0.15, 0.2) is 0 Å². The number of aryl methyl sites for hydroxylation is 1. The number of furan rings is 1. The zero-order chi connectivity index (χ0) is 16.6. The van der Waals surface area contributed by atoms with E-state index in [4.69, 9.17) is 13.9 Å². The highest BCUT2D eigenvalue weighted by Crippen LogP contribution is 2.69. The molecular weight excluding hydrogens is 292 g/mol. The summed E-state index contributed by atoms with van der Waals surface area (Å²) in [6.07, 6.45) is 4.64. The van der Waals surface area contributed by atoms with Gasteiger partial charge >= 0.3 is 5.97 Å². The summed E-state index contributed by atoms with van der Waals surface area (Å²) >= 11 is 0. The van der Waals surface area contributed by atoms with Gasteiger partial charge in [0.2, 0.25) is 0 Å². The van der Waals surface area contributed by atoms with Gasteiger partial charge in [0.1, 0.15) is 17.5 Å². The normalized spacial score (nSPS) is 40.6. The van der Waals surface area contributed by atoms with Crippen LogP contribution in [0, 0.1) is 18.3 Å². The first kappa shape index (κ1) is 15.0. The Kier molecular flexibility index (Phi) is 2.94. The summed E-state index contributed by atoms with van der Waals surface area (Å²) in [5.74, 6) is 0.984. The average molecular weight is 316 g/mol. The third-order valence-corrected chi connectivity index (χ3v) is 6.52. The van der Waals surface area contributed by atoms with Crippen molar-refractivity contribution in [2.24, 2.45) is 11.3 Å². The second-order valence-electron chi connectivity index (χ2n) is 7.76. The molecule has 2 aliphatic carbocycles. The van der Waals surface area contributed by atoms with Gasteiger partial charge in [-0.2, -0.15) is 0 Å². The lowest BCUT2D eigenvalue weighted by atomic mass is 9.53. The molecule has 5 atom stereocenters. The van der Waals surface area contributed by atoms with Crippen molar-refractivity contribution in [3.05, 3.63) is 35.3 Å². The van der Waals surface area contributed by atoms with Gasteiger partial charge in [-0.05, 0) is 38.2 Å². The van der Waals surface area contributed by atoms with Crippen LogP contribution in [0.5, 0.6) is 0 Å². The van der Waals surface area contributed by atoms with E-state index in [-0.39, 0.29) is 29.2 Å². The van der Waals surface area contributed by atoms with Gasteiger partial charge in [-0.3, -0.25) is 0 Å². The molecule has 124 valence electrons. The molecule has 0 unspecified atom stereocenters. The maximum Gasteiger partial charge on any atom is 0.333 e. The van der Waals surface area contributed by atoms with Crippen LogP contribution >= 0.6 is 0 Å². The third kappa shape index (κ3) is 1.73. The molecule has 0 radical (unpaired) electrons. The van der Waals surface area contributed by atoms with E-state index in [1.807, 2.05) is 6.92 Å². The Morgan fingerprint density at radius 2 is 2.17 bits per heavy atom. The van der Waals surface area contributed by atoms with Crippen molar-refractivity contribution >= 4 is 5.97 Å². The van der Waals surface area contributed by atoms with Crippen LogP contribution in [0.15, 0.2) is 22.8 Å². The van der Waals surface area contributed by atoms with Crippen molar-refractivity contribution in [2.75, 3.05) is 0 Å². The van der Waals surface area contributed by atoms with Gasteiger partial charge in [-0.25, -0.2) is 4.79 Å². The summed E-state index contributed by atoms with van der Waals surface area (Å²) in [6, 6.07) is 0. The molecule has 2 heterocycles. The van der Waals surface area contributed by atoms with E-state index in [2.05, 4.69) is 20.4 Å². The number of hydrogen-bond donors (Lipinski definition) is 0. The SMILES string of the molecule is C=C(C)C(=O)O[C@@H]1c2c(C)coc2C[C@@]23O[C@@H]2CC[C@H](C)[C@@]13C. The minimum Gasteiger partial charge on any atom is -0.469 e. The molecule has 1 saturated heterocycles. The molecule has 0 amide bonds. The Bertz CT molecular complexity index is 702. The van der Waals surface area contributed by atoms with Gasteiger partial charge in [-0.1, -0.05) is 20.4 Å². The quantitative estimate of drug-likeness (QED) is 0.472. The summed E-state index contributed by atoms with van der Waals surface area (Å²) in [5, 5.41) is 0. The molecule has 4 rings (SSSR count). The second-order valence-corrected chi connectivity index (χ2v) is 7.76. The number of carbonyl (C=O) groups is 1. The molecule has 3 aliphatic rings. The standard InChI is InChI=1S/C19H24O4/c1-10(2)17(20)22-16-15-11(3)9-21-13(15)8-19-14(23-19)7-6-12(4)18(16,19)5/h9,12,14,16H,1,6-8H2,2-5H3/t12-,14+,16+,18-,19+/m0/s1. The van der Waals surface area contributed by atoms with Crippen LogP contribution in [0.4, 0.5) is 0 Å². The Morgan fingerprint density at radius 3 is 2.87 bits per heavy atom.